The molecule has 2 aromatic rings. The quantitative estimate of drug-likeness (QED) is 0.900. The predicted molar refractivity (Wildman–Crippen MR) is 103 cm³/mol. The summed E-state index contributed by atoms with van der Waals surface area (Å²) in [6, 6.07) is 0.383. The van der Waals surface area contributed by atoms with E-state index in [1.54, 1.807) is 6.33 Å². The molecule has 1 amide bonds. The fourth-order valence-electron chi connectivity index (χ4n) is 5.08. The zero-order chi connectivity index (χ0) is 18.2. The van der Waals surface area contributed by atoms with Gasteiger partial charge in [0.25, 0.3) is 5.78 Å². The van der Waals surface area contributed by atoms with Gasteiger partial charge in [-0.25, -0.2) is 4.98 Å². The molecule has 7 heteroatoms. The lowest BCUT2D eigenvalue weighted by molar-refractivity contribution is -0.126. The lowest BCUT2D eigenvalue weighted by Crippen LogP contribution is -2.47. The number of carbonyl (C=O) groups excluding carboxylic acids is 1. The van der Waals surface area contributed by atoms with Crippen molar-refractivity contribution in [2.75, 3.05) is 18.0 Å². The molecule has 3 heterocycles. The van der Waals surface area contributed by atoms with Crippen LogP contribution in [0, 0.1) is 5.92 Å². The summed E-state index contributed by atoms with van der Waals surface area (Å²) < 4.78 is 1.88. The molecule has 2 aromatic heterocycles. The van der Waals surface area contributed by atoms with Crippen molar-refractivity contribution < 1.29 is 4.79 Å². The first-order valence-electron chi connectivity index (χ1n) is 10.6. The highest BCUT2D eigenvalue weighted by Crippen LogP contribution is 2.33. The Bertz CT molecular complexity index is 840. The number of rotatable bonds is 3. The molecule has 2 aliphatic carbocycles. The van der Waals surface area contributed by atoms with Crippen molar-refractivity contribution in [1.29, 1.82) is 0 Å². The van der Waals surface area contributed by atoms with Crippen LogP contribution in [0.1, 0.15) is 62.6 Å². The molecule has 1 unspecified atom stereocenters. The molecule has 0 bridgehead atoms. The third kappa shape index (κ3) is 3.17. The summed E-state index contributed by atoms with van der Waals surface area (Å²) in [5.41, 5.74) is 2.47. The van der Waals surface area contributed by atoms with E-state index in [-0.39, 0.29) is 11.8 Å². The Morgan fingerprint density at radius 2 is 1.96 bits per heavy atom. The van der Waals surface area contributed by atoms with E-state index in [9.17, 15) is 4.79 Å². The molecular weight excluding hydrogens is 340 g/mol. The first-order chi connectivity index (χ1) is 13.3. The molecule has 3 aliphatic rings. The molecule has 7 nitrogen and oxygen atoms in total. The summed E-state index contributed by atoms with van der Waals surface area (Å²) in [5, 5.41) is 7.77. The number of amides is 1. The second-order valence-electron chi connectivity index (χ2n) is 8.31. The maximum atomic E-state index is 12.9. The van der Waals surface area contributed by atoms with E-state index in [0.717, 1.165) is 63.9 Å². The predicted octanol–water partition coefficient (Wildman–Crippen LogP) is 2.28. The fraction of sp³-hybridized carbons (Fsp3) is 0.700. The van der Waals surface area contributed by atoms with Crippen LogP contribution in [0.5, 0.6) is 0 Å². The summed E-state index contributed by atoms with van der Waals surface area (Å²) >= 11 is 0. The number of nitrogens with one attached hydrogen (secondary N) is 1. The van der Waals surface area contributed by atoms with E-state index >= 15 is 0 Å². The third-order valence-corrected chi connectivity index (χ3v) is 6.47. The van der Waals surface area contributed by atoms with Gasteiger partial charge < -0.3 is 10.2 Å². The van der Waals surface area contributed by atoms with Crippen molar-refractivity contribution in [1.82, 2.24) is 24.9 Å². The van der Waals surface area contributed by atoms with Crippen LogP contribution < -0.4 is 10.2 Å². The van der Waals surface area contributed by atoms with Crippen molar-refractivity contribution in [3.63, 3.8) is 0 Å². The van der Waals surface area contributed by atoms with Gasteiger partial charge in [-0.3, -0.25) is 4.79 Å². The van der Waals surface area contributed by atoms with E-state index in [4.69, 9.17) is 0 Å². The number of carbonyl (C=O) groups is 1. The van der Waals surface area contributed by atoms with Gasteiger partial charge in [0, 0.05) is 24.7 Å². The number of nitrogens with zero attached hydrogens (tertiary/aromatic N) is 5. The molecule has 0 spiro atoms. The summed E-state index contributed by atoms with van der Waals surface area (Å²) in [5.74, 6) is 2.11. The molecule has 1 saturated carbocycles. The topological polar surface area (TPSA) is 75.4 Å². The monoisotopic (exact) mass is 368 g/mol. The number of piperidine rings is 1. The summed E-state index contributed by atoms with van der Waals surface area (Å²) in [4.78, 5) is 24.3. The van der Waals surface area contributed by atoms with Crippen molar-refractivity contribution in [2.24, 2.45) is 5.92 Å². The second-order valence-corrected chi connectivity index (χ2v) is 8.31. The van der Waals surface area contributed by atoms with Crippen molar-refractivity contribution in [3.8, 4) is 0 Å². The van der Waals surface area contributed by atoms with Crippen LogP contribution in [-0.2, 0) is 17.6 Å². The second kappa shape index (κ2) is 7.09. The Balaban J connectivity index is 1.38. The zero-order valence-corrected chi connectivity index (χ0v) is 15.9. The fourth-order valence-corrected chi connectivity index (χ4v) is 5.08. The van der Waals surface area contributed by atoms with E-state index in [1.807, 2.05) is 4.52 Å². The average molecular weight is 368 g/mol. The van der Waals surface area contributed by atoms with E-state index in [1.165, 1.54) is 30.5 Å². The number of hydrogen-bond acceptors (Lipinski definition) is 5. The normalized spacial score (nSPS) is 23.6. The first-order valence-corrected chi connectivity index (χ1v) is 10.6. The largest absolute Gasteiger partial charge is 0.355 e. The molecule has 5 rings (SSSR count). The van der Waals surface area contributed by atoms with Gasteiger partial charge in [-0.1, -0.05) is 19.3 Å². The van der Waals surface area contributed by atoms with Crippen molar-refractivity contribution >= 4 is 17.5 Å². The molecule has 0 aromatic carbocycles. The SMILES string of the molecule is O=C(NC1CCCCC1)C1CCCN(c2c3c(nc4ncnn24)CCC3)C1. The highest BCUT2D eigenvalue weighted by molar-refractivity contribution is 5.80. The number of hydrogen-bond donors (Lipinski definition) is 1. The van der Waals surface area contributed by atoms with Crippen LogP contribution >= 0.6 is 0 Å². The van der Waals surface area contributed by atoms with Crippen LogP contribution in [0.15, 0.2) is 6.33 Å². The van der Waals surface area contributed by atoms with Gasteiger partial charge in [-0.2, -0.15) is 14.6 Å². The number of aromatic nitrogens is 4. The molecular formula is C20H28N6O. The maximum absolute atomic E-state index is 12.9. The lowest BCUT2D eigenvalue weighted by atomic mass is 9.93. The number of anilines is 1. The van der Waals surface area contributed by atoms with Crippen LogP contribution in [0.2, 0.25) is 0 Å². The molecule has 1 atom stereocenters. The molecule has 27 heavy (non-hydrogen) atoms. The lowest BCUT2D eigenvalue weighted by Gasteiger charge is -2.35. The van der Waals surface area contributed by atoms with Gasteiger partial charge in [-0.05, 0) is 44.9 Å². The Morgan fingerprint density at radius 1 is 1.07 bits per heavy atom. The number of aryl methyl sites for hydroxylation is 1. The van der Waals surface area contributed by atoms with Crippen molar-refractivity contribution in [2.45, 2.75) is 70.3 Å². The molecule has 1 N–H and O–H groups in total. The minimum atomic E-state index is 0.0597. The molecule has 1 aliphatic heterocycles. The van der Waals surface area contributed by atoms with E-state index < -0.39 is 0 Å². The Labute approximate surface area is 159 Å². The minimum Gasteiger partial charge on any atom is -0.355 e. The van der Waals surface area contributed by atoms with Crippen LogP contribution in [0.3, 0.4) is 0 Å². The maximum Gasteiger partial charge on any atom is 0.254 e. The Hall–Kier alpha value is -2.18. The van der Waals surface area contributed by atoms with Gasteiger partial charge in [0.15, 0.2) is 0 Å². The number of fused-ring (bicyclic) bond motifs is 2. The van der Waals surface area contributed by atoms with Crippen LogP contribution in [-0.4, -0.2) is 44.6 Å². The molecule has 1 saturated heterocycles. The summed E-state index contributed by atoms with van der Waals surface area (Å²) in [6.45, 7) is 1.74. The molecule has 144 valence electrons. The summed E-state index contributed by atoms with van der Waals surface area (Å²) in [6.07, 6.45) is 12.9. The van der Waals surface area contributed by atoms with Gasteiger partial charge in [0.1, 0.15) is 12.1 Å². The van der Waals surface area contributed by atoms with Crippen LogP contribution in [0.4, 0.5) is 5.82 Å². The van der Waals surface area contributed by atoms with Gasteiger partial charge in [0.05, 0.1) is 11.6 Å². The average Bonchev–Trinajstić information content (AvgIpc) is 3.35. The van der Waals surface area contributed by atoms with Gasteiger partial charge in [0.2, 0.25) is 5.91 Å². The Kier molecular flexibility index (Phi) is 4.45. The molecule has 0 radical (unpaired) electrons. The van der Waals surface area contributed by atoms with Crippen LogP contribution in [0.25, 0.3) is 5.78 Å². The smallest absolute Gasteiger partial charge is 0.254 e. The van der Waals surface area contributed by atoms with E-state index in [0.29, 0.717) is 11.8 Å². The standard InChI is InChI=1S/C20H28N6O/c27-18(23-15-7-2-1-3-8-15)14-6-5-11-25(12-14)19-16-9-4-10-17(16)24-20-21-13-22-26(19)20/h13-15H,1-12H2,(H,23,27). The van der Waals surface area contributed by atoms with E-state index in [2.05, 4.69) is 25.3 Å². The third-order valence-electron chi connectivity index (χ3n) is 6.47. The van der Waals surface area contributed by atoms with Gasteiger partial charge >= 0.3 is 0 Å². The zero-order valence-electron chi connectivity index (χ0n) is 15.9. The summed E-state index contributed by atoms with van der Waals surface area (Å²) in [7, 11) is 0. The van der Waals surface area contributed by atoms with Gasteiger partial charge in [-0.15, -0.1) is 0 Å². The minimum absolute atomic E-state index is 0.0597. The molecule has 2 fully saturated rings. The first kappa shape index (κ1) is 17.0. The Morgan fingerprint density at radius 3 is 2.85 bits per heavy atom. The highest BCUT2D eigenvalue weighted by Gasteiger charge is 2.32. The highest BCUT2D eigenvalue weighted by atomic mass is 16.2. The van der Waals surface area contributed by atoms with Crippen molar-refractivity contribution in [3.05, 3.63) is 17.6 Å².